The van der Waals surface area contributed by atoms with Crippen LogP contribution < -0.4 is 16.4 Å². The Labute approximate surface area is 106 Å². The zero-order valence-corrected chi connectivity index (χ0v) is 10.2. The van der Waals surface area contributed by atoms with E-state index in [0.29, 0.717) is 11.4 Å². The predicted molar refractivity (Wildman–Crippen MR) is 69.6 cm³/mol. The van der Waals surface area contributed by atoms with Crippen molar-refractivity contribution in [2.75, 3.05) is 17.2 Å². The Morgan fingerprint density at radius 2 is 2.06 bits per heavy atom. The van der Waals surface area contributed by atoms with Gasteiger partial charge in [-0.05, 0) is 25.0 Å². The Kier molecular flexibility index (Phi) is 3.69. The summed E-state index contributed by atoms with van der Waals surface area (Å²) in [7, 11) is 0. The lowest BCUT2D eigenvalue weighted by Crippen LogP contribution is -2.41. The molecule has 0 aliphatic heterocycles. The van der Waals surface area contributed by atoms with E-state index in [1.807, 2.05) is 0 Å². The highest BCUT2D eigenvalue weighted by Crippen LogP contribution is 2.33. The first-order valence-electron chi connectivity index (χ1n) is 6.18. The lowest BCUT2D eigenvalue weighted by atomic mass is 10.1. The lowest BCUT2D eigenvalue weighted by Gasteiger charge is -2.31. The van der Waals surface area contributed by atoms with Crippen molar-refractivity contribution in [3.63, 3.8) is 0 Å². The van der Waals surface area contributed by atoms with E-state index in [4.69, 9.17) is 11.5 Å². The van der Waals surface area contributed by atoms with E-state index < -0.39 is 11.7 Å². The van der Waals surface area contributed by atoms with Crippen molar-refractivity contribution in [1.29, 1.82) is 0 Å². The number of benzene rings is 1. The van der Waals surface area contributed by atoms with Crippen molar-refractivity contribution >= 4 is 17.3 Å². The summed E-state index contributed by atoms with van der Waals surface area (Å²) >= 11 is 0. The fourth-order valence-corrected chi connectivity index (χ4v) is 2.61. The Hall–Kier alpha value is -1.78. The first kappa shape index (κ1) is 12.7. The molecule has 0 saturated heterocycles. The van der Waals surface area contributed by atoms with Crippen molar-refractivity contribution in [1.82, 2.24) is 0 Å². The molecular weight excluding hydrogens is 233 g/mol. The number of para-hydroxylation sites is 1. The number of hydrogen-bond acceptors (Lipinski definition) is 3. The molecule has 1 fully saturated rings. The molecule has 1 aliphatic rings. The molecule has 18 heavy (non-hydrogen) atoms. The number of carbonyl (C=O) groups is 1. The summed E-state index contributed by atoms with van der Waals surface area (Å²) in [5, 5.41) is 0. The van der Waals surface area contributed by atoms with Gasteiger partial charge in [0.15, 0.2) is 0 Å². The minimum absolute atomic E-state index is 0.00972. The van der Waals surface area contributed by atoms with Gasteiger partial charge in [0.05, 0.1) is 17.9 Å². The molecule has 2 rings (SSSR count). The number of nitrogens with two attached hydrogens (primary N) is 2. The molecule has 1 aliphatic carbocycles. The summed E-state index contributed by atoms with van der Waals surface area (Å²) in [4.78, 5) is 12.9. The van der Waals surface area contributed by atoms with E-state index in [0.717, 1.165) is 25.7 Å². The third kappa shape index (κ3) is 2.55. The van der Waals surface area contributed by atoms with Gasteiger partial charge in [0.25, 0.3) is 0 Å². The van der Waals surface area contributed by atoms with Gasteiger partial charge in [-0.2, -0.15) is 0 Å². The molecule has 0 aromatic heterocycles. The first-order valence-corrected chi connectivity index (χ1v) is 6.18. The van der Waals surface area contributed by atoms with Gasteiger partial charge in [-0.3, -0.25) is 4.79 Å². The maximum atomic E-state index is 13.9. The molecule has 0 atom stereocenters. The van der Waals surface area contributed by atoms with Crippen LogP contribution in [0.5, 0.6) is 0 Å². The van der Waals surface area contributed by atoms with Crippen LogP contribution in [0.4, 0.5) is 15.8 Å². The van der Waals surface area contributed by atoms with Crippen molar-refractivity contribution < 1.29 is 9.18 Å². The second kappa shape index (κ2) is 5.25. The zero-order chi connectivity index (χ0) is 13.1. The highest BCUT2D eigenvalue weighted by molar-refractivity contribution is 5.82. The van der Waals surface area contributed by atoms with Gasteiger partial charge in [0.2, 0.25) is 5.91 Å². The molecular formula is C13H18FN3O. The third-order valence-electron chi connectivity index (χ3n) is 3.40. The number of amides is 1. The van der Waals surface area contributed by atoms with Gasteiger partial charge in [0, 0.05) is 6.04 Å². The average molecular weight is 251 g/mol. The monoisotopic (exact) mass is 251 g/mol. The normalized spacial score (nSPS) is 15.8. The molecule has 5 heteroatoms. The summed E-state index contributed by atoms with van der Waals surface area (Å²) in [6, 6.07) is 4.71. The van der Waals surface area contributed by atoms with Crippen LogP contribution in [0.25, 0.3) is 0 Å². The van der Waals surface area contributed by atoms with Crippen LogP contribution in [0.15, 0.2) is 18.2 Å². The van der Waals surface area contributed by atoms with Gasteiger partial charge in [-0.15, -0.1) is 0 Å². The molecule has 1 amide bonds. The molecule has 1 aromatic rings. The van der Waals surface area contributed by atoms with E-state index in [9.17, 15) is 9.18 Å². The number of nitrogen functional groups attached to an aromatic ring is 1. The molecule has 98 valence electrons. The van der Waals surface area contributed by atoms with Crippen LogP contribution in [-0.2, 0) is 4.79 Å². The number of halogens is 1. The molecule has 1 aromatic carbocycles. The number of nitrogens with zero attached hydrogens (tertiary/aromatic N) is 1. The van der Waals surface area contributed by atoms with Crippen molar-refractivity contribution in [2.24, 2.45) is 5.73 Å². The lowest BCUT2D eigenvalue weighted by molar-refractivity contribution is -0.116. The predicted octanol–water partition coefficient (Wildman–Crippen LogP) is 1.64. The second-order valence-corrected chi connectivity index (χ2v) is 4.71. The van der Waals surface area contributed by atoms with Gasteiger partial charge in [0.1, 0.15) is 5.82 Å². The van der Waals surface area contributed by atoms with E-state index in [1.165, 1.54) is 6.07 Å². The minimum atomic E-state index is -0.468. The summed E-state index contributed by atoms with van der Waals surface area (Å²) in [6.45, 7) is 0.00972. The fourth-order valence-electron chi connectivity index (χ4n) is 2.61. The summed E-state index contributed by atoms with van der Waals surface area (Å²) < 4.78 is 13.9. The van der Waals surface area contributed by atoms with Crippen LogP contribution >= 0.6 is 0 Å². The molecule has 0 unspecified atom stereocenters. The second-order valence-electron chi connectivity index (χ2n) is 4.71. The quantitative estimate of drug-likeness (QED) is 0.799. The smallest absolute Gasteiger partial charge is 0.236 e. The summed E-state index contributed by atoms with van der Waals surface area (Å²) in [5.41, 5.74) is 11.7. The Morgan fingerprint density at radius 3 is 2.61 bits per heavy atom. The maximum absolute atomic E-state index is 13.9. The molecule has 0 spiro atoms. The average Bonchev–Trinajstić information content (AvgIpc) is 2.80. The number of rotatable bonds is 4. The number of hydrogen-bond donors (Lipinski definition) is 2. The molecule has 4 nitrogen and oxygen atoms in total. The van der Waals surface area contributed by atoms with Gasteiger partial charge in [-0.25, -0.2) is 4.39 Å². The zero-order valence-electron chi connectivity index (χ0n) is 10.2. The number of anilines is 2. The van der Waals surface area contributed by atoms with Gasteiger partial charge >= 0.3 is 0 Å². The highest BCUT2D eigenvalue weighted by Gasteiger charge is 2.27. The van der Waals surface area contributed by atoms with Crippen LogP contribution in [-0.4, -0.2) is 18.5 Å². The molecule has 1 saturated carbocycles. The number of primary amides is 1. The standard InChI is InChI=1S/C13H18FN3O/c14-10-6-3-7-11(15)13(10)17(8-12(16)18)9-4-1-2-5-9/h3,6-7,9H,1-2,4-5,8,15H2,(H2,16,18). The molecule has 0 radical (unpaired) electrons. The van der Waals surface area contributed by atoms with Crippen molar-refractivity contribution in [3.8, 4) is 0 Å². The van der Waals surface area contributed by atoms with E-state index in [1.54, 1.807) is 17.0 Å². The number of carbonyl (C=O) groups excluding carboxylic acids is 1. The summed E-state index contributed by atoms with van der Waals surface area (Å²) in [5.74, 6) is -0.868. The largest absolute Gasteiger partial charge is 0.397 e. The van der Waals surface area contributed by atoms with Crippen molar-refractivity contribution in [2.45, 2.75) is 31.7 Å². The maximum Gasteiger partial charge on any atom is 0.236 e. The molecule has 4 N–H and O–H groups in total. The van der Waals surface area contributed by atoms with Gasteiger partial charge < -0.3 is 16.4 Å². The van der Waals surface area contributed by atoms with Crippen LogP contribution in [0.1, 0.15) is 25.7 Å². The molecule has 0 bridgehead atoms. The van der Waals surface area contributed by atoms with E-state index in [-0.39, 0.29) is 12.6 Å². The Bertz CT molecular complexity index is 424. The third-order valence-corrected chi connectivity index (χ3v) is 3.40. The topological polar surface area (TPSA) is 72.4 Å². The van der Waals surface area contributed by atoms with Gasteiger partial charge in [-0.1, -0.05) is 18.9 Å². The van der Waals surface area contributed by atoms with E-state index >= 15 is 0 Å². The van der Waals surface area contributed by atoms with Crippen LogP contribution in [0.2, 0.25) is 0 Å². The van der Waals surface area contributed by atoms with E-state index in [2.05, 4.69) is 0 Å². The fraction of sp³-hybridized carbons (Fsp3) is 0.462. The van der Waals surface area contributed by atoms with Crippen LogP contribution in [0.3, 0.4) is 0 Å². The minimum Gasteiger partial charge on any atom is -0.397 e. The van der Waals surface area contributed by atoms with Crippen molar-refractivity contribution in [3.05, 3.63) is 24.0 Å². The van der Waals surface area contributed by atoms with Crippen LogP contribution in [0, 0.1) is 5.82 Å². The highest BCUT2D eigenvalue weighted by atomic mass is 19.1. The first-order chi connectivity index (χ1) is 8.59. The molecule has 0 heterocycles. The Balaban J connectivity index is 2.35. The Morgan fingerprint density at radius 1 is 1.39 bits per heavy atom. The SMILES string of the molecule is NC(=O)CN(c1c(N)cccc1F)C1CCCC1. The summed E-state index contributed by atoms with van der Waals surface area (Å²) in [6.07, 6.45) is 4.07.